The van der Waals surface area contributed by atoms with Crippen LogP contribution in [0.25, 0.3) is 27.8 Å². The Balaban J connectivity index is 1.67. The van der Waals surface area contributed by atoms with Crippen LogP contribution in [-0.2, 0) is 4.79 Å². The number of nitriles is 1. The molecule has 0 bridgehead atoms. The van der Waals surface area contributed by atoms with Crippen LogP contribution in [0.3, 0.4) is 0 Å². The van der Waals surface area contributed by atoms with Gasteiger partial charge in [-0.05, 0) is 23.6 Å². The van der Waals surface area contributed by atoms with Gasteiger partial charge in [0.05, 0.1) is 7.11 Å². The van der Waals surface area contributed by atoms with Gasteiger partial charge in [-0.2, -0.15) is 5.26 Å². The highest BCUT2D eigenvalue weighted by Crippen LogP contribution is 2.29. The Morgan fingerprint density at radius 2 is 1.82 bits per heavy atom. The smallest absolute Gasteiger partial charge is 0.266 e. The summed E-state index contributed by atoms with van der Waals surface area (Å²) < 4.78 is 11.0. The van der Waals surface area contributed by atoms with Crippen molar-refractivity contribution in [2.75, 3.05) is 12.4 Å². The van der Waals surface area contributed by atoms with Gasteiger partial charge >= 0.3 is 0 Å². The number of ether oxygens (including phenoxy) is 1. The van der Waals surface area contributed by atoms with E-state index in [1.54, 1.807) is 25.3 Å². The topological polar surface area (TPSA) is 75.3 Å². The van der Waals surface area contributed by atoms with Crippen molar-refractivity contribution >= 4 is 39.4 Å². The number of nitrogens with one attached hydrogen (secondary N) is 1. The maximum Gasteiger partial charge on any atom is 0.266 e. The first-order valence-corrected chi connectivity index (χ1v) is 8.67. The fraction of sp³-hybridized carbons (Fsp3) is 0.0435. The van der Waals surface area contributed by atoms with Crippen LogP contribution in [0.1, 0.15) is 5.76 Å². The van der Waals surface area contributed by atoms with E-state index in [9.17, 15) is 10.1 Å². The zero-order chi connectivity index (χ0) is 19.5. The maximum absolute atomic E-state index is 12.7. The van der Waals surface area contributed by atoms with Crippen LogP contribution in [0.4, 0.5) is 5.69 Å². The van der Waals surface area contributed by atoms with E-state index in [1.165, 1.54) is 6.08 Å². The molecule has 3 aromatic carbocycles. The molecule has 5 heteroatoms. The fourth-order valence-electron chi connectivity index (χ4n) is 3.10. The van der Waals surface area contributed by atoms with E-state index >= 15 is 0 Å². The van der Waals surface area contributed by atoms with Crippen molar-refractivity contribution < 1.29 is 13.9 Å². The second-order valence-corrected chi connectivity index (χ2v) is 6.18. The molecule has 0 spiro atoms. The molecular weight excluding hydrogens is 352 g/mol. The van der Waals surface area contributed by atoms with Crippen LogP contribution in [0, 0.1) is 11.3 Å². The normalized spacial score (nSPS) is 11.4. The molecule has 0 aliphatic carbocycles. The fourth-order valence-corrected chi connectivity index (χ4v) is 3.10. The summed E-state index contributed by atoms with van der Waals surface area (Å²) in [5.41, 5.74) is 1.17. The molecule has 0 saturated carbocycles. The minimum Gasteiger partial charge on any atom is -0.493 e. The summed E-state index contributed by atoms with van der Waals surface area (Å²) in [5, 5.41) is 15.0. The van der Waals surface area contributed by atoms with Crippen LogP contribution in [0.2, 0.25) is 0 Å². The minimum absolute atomic E-state index is 0.0500. The Kier molecular flexibility index (Phi) is 4.53. The summed E-state index contributed by atoms with van der Waals surface area (Å²) >= 11 is 0. The Morgan fingerprint density at radius 1 is 1.07 bits per heavy atom. The molecule has 136 valence electrons. The van der Waals surface area contributed by atoms with Gasteiger partial charge in [0.25, 0.3) is 5.91 Å². The molecule has 0 aliphatic rings. The van der Waals surface area contributed by atoms with Gasteiger partial charge in [0.15, 0.2) is 11.3 Å². The number of carbonyl (C=O) groups is 1. The number of methoxy groups -OCH3 is 1. The quantitative estimate of drug-likeness (QED) is 0.400. The first-order chi connectivity index (χ1) is 13.7. The largest absolute Gasteiger partial charge is 0.493 e. The Bertz CT molecular complexity index is 1260. The predicted molar refractivity (Wildman–Crippen MR) is 109 cm³/mol. The van der Waals surface area contributed by atoms with E-state index < -0.39 is 5.91 Å². The lowest BCUT2D eigenvalue weighted by Gasteiger charge is -2.08. The summed E-state index contributed by atoms with van der Waals surface area (Å²) in [6.45, 7) is 0. The lowest BCUT2D eigenvalue weighted by atomic mass is 10.1. The summed E-state index contributed by atoms with van der Waals surface area (Å²) in [6, 6.07) is 22.6. The number of carbonyl (C=O) groups excluding carboxylic acids is 1. The molecule has 0 radical (unpaired) electrons. The van der Waals surface area contributed by atoms with E-state index in [4.69, 9.17) is 9.15 Å². The molecule has 0 atom stereocenters. The number of amides is 1. The van der Waals surface area contributed by atoms with E-state index in [2.05, 4.69) is 5.32 Å². The van der Waals surface area contributed by atoms with Crippen molar-refractivity contribution in [3.8, 4) is 11.8 Å². The number of nitrogens with zero attached hydrogens (tertiary/aromatic N) is 1. The molecule has 5 nitrogen and oxygen atoms in total. The second-order valence-electron chi connectivity index (χ2n) is 6.18. The SMILES string of the molecule is COc1cccc2cc(/C=C(\C#N)C(=O)Nc3cccc4ccccc34)oc12. The lowest BCUT2D eigenvalue weighted by molar-refractivity contribution is -0.112. The highest BCUT2D eigenvalue weighted by molar-refractivity contribution is 6.13. The first kappa shape index (κ1) is 17.4. The Hall–Kier alpha value is -4.04. The van der Waals surface area contributed by atoms with Crippen LogP contribution in [0.5, 0.6) is 5.75 Å². The molecule has 1 amide bonds. The summed E-state index contributed by atoms with van der Waals surface area (Å²) in [7, 11) is 1.56. The van der Waals surface area contributed by atoms with Crippen molar-refractivity contribution in [1.82, 2.24) is 0 Å². The van der Waals surface area contributed by atoms with Crippen molar-refractivity contribution in [1.29, 1.82) is 5.26 Å². The van der Waals surface area contributed by atoms with Gasteiger partial charge in [0.2, 0.25) is 0 Å². The zero-order valence-corrected chi connectivity index (χ0v) is 15.1. The standard InChI is InChI=1S/C23H16N2O3/c1-27-21-11-5-8-16-12-18(28-22(16)21)13-17(14-24)23(26)25-20-10-4-7-15-6-2-3-9-19(15)20/h2-13H,1H3,(H,25,26)/b17-13+. The van der Waals surface area contributed by atoms with Crippen LogP contribution < -0.4 is 10.1 Å². The average Bonchev–Trinajstić information content (AvgIpc) is 3.15. The molecule has 4 rings (SSSR count). The molecule has 1 N–H and O–H groups in total. The number of hydrogen-bond acceptors (Lipinski definition) is 4. The number of hydrogen-bond donors (Lipinski definition) is 1. The average molecular weight is 368 g/mol. The molecule has 0 fully saturated rings. The minimum atomic E-state index is -0.494. The summed E-state index contributed by atoms with van der Waals surface area (Å²) in [6.07, 6.45) is 1.43. The van der Waals surface area contributed by atoms with Gasteiger partial charge in [0.1, 0.15) is 17.4 Å². The van der Waals surface area contributed by atoms with Crippen molar-refractivity contribution in [3.63, 3.8) is 0 Å². The number of furan rings is 1. The third kappa shape index (κ3) is 3.19. The van der Waals surface area contributed by atoms with Crippen molar-refractivity contribution in [2.45, 2.75) is 0 Å². The van der Waals surface area contributed by atoms with Crippen LogP contribution in [0.15, 0.2) is 76.7 Å². The number of rotatable bonds is 4. The van der Waals surface area contributed by atoms with Crippen LogP contribution in [-0.4, -0.2) is 13.0 Å². The third-order valence-corrected chi connectivity index (χ3v) is 4.44. The number of para-hydroxylation sites is 1. The zero-order valence-electron chi connectivity index (χ0n) is 15.1. The predicted octanol–water partition coefficient (Wildman–Crippen LogP) is 5.14. The molecule has 4 aromatic rings. The first-order valence-electron chi connectivity index (χ1n) is 8.67. The summed E-state index contributed by atoms with van der Waals surface area (Å²) in [5.74, 6) is 0.506. The summed E-state index contributed by atoms with van der Waals surface area (Å²) in [4.78, 5) is 12.7. The van der Waals surface area contributed by atoms with E-state index in [1.807, 2.05) is 54.6 Å². The van der Waals surface area contributed by atoms with Gasteiger partial charge in [-0.1, -0.05) is 48.5 Å². The Morgan fingerprint density at radius 3 is 2.64 bits per heavy atom. The van der Waals surface area contributed by atoms with Gasteiger partial charge in [0, 0.05) is 22.5 Å². The molecular formula is C23H16N2O3. The van der Waals surface area contributed by atoms with Crippen molar-refractivity contribution in [3.05, 3.63) is 78.1 Å². The second kappa shape index (κ2) is 7.29. The van der Waals surface area contributed by atoms with E-state index in [0.717, 1.165) is 16.2 Å². The van der Waals surface area contributed by atoms with Crippen molar-refractivity contribution in [2.24, 2.45) is 0 Å². The molecule has 1 heterocycles. The Labute approximate surface area is 161 Å². The third-order valence-electron chi connectivity index (χ3n) is 4.44. The highest BCUT2D eigenvalue weighted by atomic mass is 16.5. The molecule has 1 aromatic heterocycles. The van der Waals surface area contributed by atoms with Gasteiger partial charge in [-0.15, -0.1) is 0 Å². The molecule has 0 unspecified atom stereocenters. The maximum atomic E-state index is 12.7. The monoisotopic (exact) mass is 368 g/mol. The van der Waals surface area contributed by atoms with Gasteiger partial charge < -0.3 is 14.5 Å². The van der Waals surface area contributed by atoms with Gasteiger partial charge in [-0.25, -0.2) is 0 Å². The number of benzene rings is 3. The lowest BCUT2D eigenvalue weighted by Crippen LogP contribution is -2.13. The van der Waals surface area contributed by atoms with Crippen LogP contribution >= 0.6 is 0 Å². The molecule has 0 aliphatic heterocycles. The molecule has 0 saturated heterocycles. The highest BCUT2D eigenvalue weighted by Gasteiger charge is 2.14. The number of fused-ring (bicyclic) bond motifs is 2. The number of anilines is 1. The van der Waals surface area contributed by atoms with E-state index in [0.29, 0.717) is 22.8 Å². The van der Waals surface area contributed by atoms with E-state index in [-0.39, 0.29) is 5.57 Å². The molecule has 28 heavy (non-hydrogen) atoms. The van der Waals surface area contributed by atoms with Gasteiger partial charge in [-0.3, -0.25) is 4.79 Å².